The molecule has 0 fully saturated rings. The Morgan fingerprint density at radius 1 is 0.969 bits per heavy atom. The normalized spacial score (nSPS) is 11.8. The number of sulfonamides is 1. The molecule has 3 aromatic carbocycles. The number of amides is 1. The van der Waals surface area contributed by atoms with E-state index in [0.717, 1.165) is 14.3 Å². The molecule has 0 aliphatic heterocycles. The van der Waals surface area contributed by atoms with Crippen molar-refractivity contribution < 1.29 is 13.2 Å². The second-order valence-corrected chi connectivity index (χ2v) is 10.3. The summed E-state index contributed by atoms with van der Waals surface area (Å²) >= 11 is 15.5. The fourth-order valence-corrected chi connectivity index (χ4v) is 4.91. The highest BCUT2D eigenvalue weighted by atomic mass is 79.9. The third-order valence-electron chi connectivity index (χ3n) is 4.36. The van der Waals surface area contributed by atoms with Crippen LogP contribution in [0.15, 0.2) is 87.3 Å². The molecular weight excluding hydrogens is 537 g/mol. The van der Waals surface area contributed by atoms with Crippen LogP contribution >= 0.6 is 39.1 Å². The van der Waals surface area contributed by atoms with Crippen molar-refractivity contribution in [2.24, 2.45) is 5.10 Å². The summed E-state index contributed by atoms with van der Waals surface area (Å²) in [7, 11) is -3.94. The molecule has 0 unspecified atom stereocenters. The Hall–Kier alpha value is -2.23. The van der Waals surface area contributed by atoms with Crippen LogP contribution in [-0.4, -0.2) is 31.4 Å². The summed E-state index contributed by atoms with van der Waals surface area (Å²) in [5.74, 6) is -0.610. The first-order chi connectivity index (χ1) is 15.3. The van der Waals surface area contributed by atoms with Crippen LogP contribution in [0.1, 0.15) is 11.1 Å². The number of hydrogen-bond acceptors (Lipinski definition) is 4. The summed E-state index contributed by atoms with van der Waals surface area (Å²) in [6.45, 7) is -0.409. The van der Waals surface area contributed by atoms with Gasteiger partial charge in [-0.3, -0.25) is 4.79 Å². The summed E-state index contributed by atoms with van der Waals surface area (Å²) in [5, 5.41) is 4.62. The molecular formula is C22H18BrCl2N3O3S. The van der Waals surface area contributed by atoms with E-state index in [9.17, 15) is 13.2 Å². The predicted molar refractivity (Wildman–Crippen MR) is 130 cm³/mol. The van der Waals surface area contributed by atoms with Gasteiger partial charge in [-0.25, -0.2) is 13.8 Å². The number of carbonyl (C=O) groups is 1. The van der Waals surface area contributed by atoms with E-state index < -0.39 is 22.5 Å². The third-order valence-corrected chi connectivity index (χ3v) is 7.35. The molecule has 0 radical (unpaired) electrons. The monoisotopic (exact) mass is 553 g/mol. The smallest absolute Gasteiger partial charge is 0.255 e. The summed E-state index contributed by atoms with van der Waals surface area (Å²) in [4.78, 5) is 12.6. The molecule has 1 N–H and O–H groups in total. The third kappa shape index (κ3) is 6.40. The number of nitrogens with zero attached hydrogens (tertiary/aromatic N) is 2. The molecule has 166 valence electrons. The summed E-state index contributed by atoms with van der Waals surface area (Å²) in [6.07, 6.45) is 1.31. The van der Waals surface area contributed by atoms with Crippen molar-refractivity contribution in [2.75, 3.05) is 6.54 Å². The van der Waals surface area contributed by atoms with Crippen molar-refractivity contribution in [3.05, 3.63) is 98.4 Å². The van der Waals surface area contributed by atoms with Gasteiger partial charge in [0, 0.05) is 16.6 Å². The Balaban J connectivity index is 1.79. The average Bonchev–Trinajstić information content (AvgIpc) is 2.76. The Bertz CT molecular complexity index is 1200. The Kier molecular flexibility index (Phi) is 8.44. The van der Waals surface area contributed by atoms with E-state index in [4.69, 9.17) is 23.2 Å². The standard InChI is InChI=1S/C22H18BrCl2N3O3S/c23-17-9-11-18(12-10-17)32(30,31)28(14-16-5-2-1-3-6-16)15-22(29)27-26-13-19-20(24)7-4-8-21(19)25/h1-13H,14-15H2,(H,27,29)/b26-13+. The van der Waals surface area contributed by atoms with E-state index in [0.29, 0.717) is 15.6 Å². The van der Waals surface area contributed by atoms with Gasteiger partial charge in [-0.05, 0) is 42.0 Å². The van der Waals surface area contributed by atoms with Crippen LogP contribution < -0.4 is 5.43 Å². The lowest BCUT2D eigenvalue weighted by atomic mass is 10.2. The van der Waals surface area contributed by atoms with Gasteiger partial charge in [-0.1, -0.05) is 75.5 Å². The number of nitrogens with one attached hydrogen (secondary N) is 1. The number of halogens is 3. The van der Waals surface area contributed by atoms with E-state index in [2.05, 4.69) is 26.5 Å². The van der Waals surface area contributed by atoms with Gasteiger partial charge < -0.3 is 0 Å². The summed E-state index contributed by atoms with van der Waals surface area (Å²) < 4.78 is 28.3. The van der Waals surface area contributed by atoms with E-state index >= 15 is 0 Å². The van der Waals surface area contributed by atoms with Gasteiger partial charge in [-0.15, -0.1) is 0 Å². The number of rotatable bonds is 8. The molecule has 0 aliphatic carbocycles. The van der Waals surface area contributed by atoms with Gasteiger partial charge in [0.15, 0.2) is 0 Å². The number of hydrogen-bond donors (Lipinski definition) is 1. The molecule has 1 amide bonds. The molecule has 32 heavy (non-hydrogen) atoms. The van der Waals surface area contributed by atoms with Gasteiger partial charge in [0.1, 0.15) is 0 Å². The fourth-order valence-electron chi connectivity index (χ4n) is 2.77. The van der Waals surface area contributed by atoms with Crippen LogP contribution in [0.4, 0.5) is 0 Å². The maximum absolute atomic E-state index is 13.2. The largest absolute Gasteiger partial charge is 0.272 e. The van der Waals surface area contributed by atoms with E-state index in [-0.39, 0.29) is 11.4 Å². The molecule has 0 atom stereocenters. The molecule has 0 heterocycles. The van der Waals surface area contributed by atoms with E-state index in [1.807, 2.05) is 6.07 Å². The molecule has 3 aromatic rings. The second-order valence-electron chi connectivity index (χ2n) is 6.64. The molecule has 6 nitrogen and oxygen atoms in total. The second kappa shape index (κ2) is 11.1. The molecule has 0 saturated carbocycles. The quantitative estimate of drug-likeness (QED) is 0.311. The molecule has 0 aromatic heterocycles. The molecule has 10 heteroatoms. The van der Waals surface area contributed by atoms with Crippen LogP contribution in [0.25, 0.3) is 0 Å². The zero-order valence-electron chi connectivity index (χ0n) is 16.6. The number of carbonyl (C=O) groups excluding carboxylic acids is 1. The first-order valence-corrected chi connectivity index (χ1v) is 12.3. The van der Waals surface area contributed by atoms with E-state index in [1.165, 1.54) is 18.3 Å². The minimum atomic E-state index is -3.94. The maximum atomic E-state index is 13.2. The lowest BCUT2D eigenvalue weighted by Gasteiger charge is -2.21. The number of hydrazone groups is 1. The summed E-state index contributed by atoms with van der Waals surface area (Å²) in [5.41, 5.74) is 3.52. The topological polar surface area (TPSA) is 78.8 Å². The molecule has 0 spiro atoms. The van der Waals surface area contributed by atoms with Crippen molar-refractivity contribution in [3.8, 4) is 0 Å². The highest BCUT2D eigenvalue weighted by Gasteiger charge is 2.27. The van der Waals surface area contributed by atoms with Crippen LogP contribution in [0.5, 0.6) is 0 Å². The van der Waals surface area contributed by atoms with Gasteiger partial charge in [0.25, 0.3) is 5.91 Å². The first-order valence-electron chi connectivity index (χ1n) is 9.33. The number of benzene rings is 3. The van der Waals surface area contributed by atoms with Crippen molar-refractivity contribution in [3.63, 3.8) is 0 Å². The van der Waals surface area contributed by atoms with Crippen molar-refractivity contribution in [1.82, 2.24) is 9.73 Å². The van der Waals surface area contributed by atoms with Crippen molar-refractivity contribution >= 4 is 61.3 Å². The minimum Gasteiger partial charge on any atom is -0.272 e. The highest BCUT2D eigenvalue weighted by molar-refractivity contribution is 9.10. The SMILES string of the molecule is O=C(CN(Cc1ccccc1)S(=O)(=O)c1ccc(Br)cc1)N/N=C/c1c(Cl)cccc1Cl. The van der Waals surface area contributed by atoms with Gasteiger partial charge >= 0.3 is 0 Å². The van der Waals surface area contributed by atoms with Gasteiger partial charge in [-0.2, -0.15) is 9.41 Å². The van der Waals surface area contributed by atoms with Crippen LogP contribution in [0.2, 0.25) is 10.0 Å². The first kappa shape index (κ1) is 24.4. The lowest BCUT2D eigenvalue weighted by Crippen LogP contribution is -2.39. The Morgan fingerprint density at radius 2 is 1.59 bits per heavy atom. The van der Waals surface area contributed by atoms with Crippen molar-refractivity contribution in [2.45, 2.75) is 11.4 Å². The molecule has 0 bridgehead atoms. The molecule has 3 rings (SSSR count). The summed E-state index contributed by atoms with van der Waals surface area (Å²) in [6, 6.07) is 20.2. The zero-order valence-corrected chi connectivity index (χ0v) is 20.5. The maximum Gasteiger partial charge on any atom is 0.255 e. The Morgan fingerprint density at radius 3 is 2.22 bits per heavy atom. The van der Waals surface area contributed by atoms with Crippen LogP contribution in [-0.2, 0) is 21.4 Å². The van der Waals surface area contributed by atoms with Crippen LogP contribution in [0, 0.1) is 0 Å². The minimum absolute atomic E-state index is 0.0205. The predicted octanol–water partition coefficient (Wildman–Crippen LogP) is 5.10. The zero-order chi connectivity index (χ0) is 23.1. The van der Waals surface area contributed by atoms with Crippen molar-refractivity contribution in [1.29, 1.82) is 0 Å². The molecule has 0 saturated heterocycles. The Labute approximate surface area is 205 Å². The lowest BCUT2D eigenvalue weighted by molar-refractivity contribution is -0.121. The van der Waals surface area contributed by atoms with E-state index in [1.54, 1.807) is 54.6 Å². The highest BCUT2D eigenvalue weighted by Crippen LogP contribution is 2.22. The van der Waals surface area contributed by atoms with Gasteiger partial charge in [0.2, 0.25) is 10.0 Å². The van der Waals surface area contributed by atoms with Gasteiger partial charge in [0.05, 0.1) is 27.7 Å². The fraction of sp³-hybridized carbons (Fsp3) is 0.0909. The average molecular weight is 555 g/mol. The molecule has 0 aliphatic rings. The van der Waals surface area contributed by atoms with Crippen LogP contribution in [0.3, 0.4) is 0 Å².